The summed E-state index contributed by atoms with van der Waals surface area (Å²) in [7, 11) is 0. The molecule has 0 unspecified atom stereocenters. The van der Waals surface area contributed by atoms with Gasteiger partial charge in [0.1, 0.15) is 0 Å². The maximum absolute atomic E-state index is 3.32. The Morgan fingerprint density at radius 1 is 1.29 bits per heavy atom. The summed E-state index contributed by atoms with van der Waals surface area (Å²) in [4.78, 5) is 3.32. The molecule has 0 aliphatic carbocycles. The highest BCUT2D eigenvalue weighted by Crippen LogP contribution is 2.21. The molecule has 2 aromatic rings. The third-order valence-electron chi connectivity index (χ3n) is 2.94. The van der Waals surface area contributed by atoms with Crippen LogP contribution in [-0.4, -0.2) is 4.98 Å². The molecule has 0 spiro atoms. The van der Waals surface area contributed by atoms with Crippen LogP contribution >= 0.6 is 0 Å². The topological polar surface area (TPSA) is 15.8 Å². The van der Waals surface area contributed by atoms with Gasteiger partial charge in [-0.05, 0) is 24.0 Å². The maximum atomic E-state index is 3.32. The zero-order chi connectivity index (χ0) is 9.97. The second-order valence-corrected chi connectivity index (χ2v) is 4.08. The summed E-state index contributed by atoms with van der Waals surface area (Å²) in [6.07, 6.45) is 4.58. The lowest BCUT2D eigenvalue weighted by atomic mass is 9.99. The fourth-order valence-electron chi connectivity index (χ4n) is 1.82. The number of para-hydroxylation sites is 1. The van der Waals surface area contributed by atoms with Crippen molar-refractivity contribution in [3.05, 3.63) is 36.0 Å². The fourth-order valence-corrected chi connectivity index (χ4v) is 1.82. The number of H-pyrrole nitrogens is 1. The van der Waals surface area contributed by atoms with Gasteiger partial charge < -0.3 is 4.98 Å². The molecule has 0 fully saturated rings. The van der Waals surface area contributed by atoms with Gasteiger partial charge in [0.2, 0.25) is 0 Å². The van der Waals surface area contributed by atoms with Gasteiger partial charge in [-0.1, -0.05) is 38.5 Å². The SMILES string of the molecule is CC[C@H](C)Cc1c[nH]c2ccccc12. The number of aromatic nitrogens is 1. The van der Waals surface area contributed by atoms with Crippen molar-refractivity contribution in [1.29, 1.82) is 0 Å². The van der Waals surface area contributed by atoms with Crippen LogP contribution in [-0.2, 0) is 6.42 Å². The molecule has 2 rings (SSSR count). The van der Waals surface area contributed by atoms with E-state index in [0.717, 1.165) is 5.92 Å². The van der Waals surface area contributed by atoms with Gasteiger partial charge in [0, 0.05) is 17.1 Å². The average Bonchev–Trinajstić information content (AvgIpc) is 2.62. The third kappa shape index (κ3) is 1.67. The van der Waals surface area contributed by atoms with E-state index in [4.69, 9.17) is 0 Å². The predicted octanol–water partition coefficient (Wildman–Crippen LogP) is 3.76. The highest BCUT2D eigenvalue weighted by atomic mass is 14.7. The van der Waals surface area contributed by atoms with Gasteiger partial charge in [0.05, 0.1) is 0 Å². The second-order valence-electron chi connectivity index (χ2n) is 4.08. The molecule has 1 nitrogen and oxygen atoms in total. The summed E-state index contributed by atoms with van der Waals surface area (Å²) in [5.74, 6) is 0.772. The molecule has 74 valence electrons. The summed E-state index contributed by atoms with van der Waals surface area (Å²) in [5.41, 5.74) is 2.71. The number of nitrogens with one attached hydrogen (secondary N) is 1. The van der Waals surface area contributed by atoms with Crippen molar-refractivity contribution in [1.82, 2.24) is 4.98 Å². The van der Waals surface area contributed by atoms with Crippen LogP contribution in [0.1, 0.15) is 25.8 Å². The van der Waals surface area contributed by atoms with E-state index >= 15 is 0 Å². The minimum Gasteiger partial charge on any atom is -0.361 e. The van der Waals surface area contributed by atoms with Gasteiger partial charge in [-0.3, -0.25) is 0 Å². The van der Waals surface area contributed by atoms with Gasteiger partial charge in [-0.25, -0.2) is 0 Å². The van der Waals surface area contributed by atoms with E-state index in [2.05, 4.69) is 49.3 Å². The molecule has 1 heterocycles. The van der Waals surface area contributed by atoms with E-state index in [-0.39, 0.29) is 0 Å². The molecule has 1 N–H and O–H groups in total. The number of benzene rings is 1. The molecule has 0 radical (unpaired) electrons. The fraction of sp³-hybridized carbons (Fsp3) is 0.385. The quantitative estimate of drug-likeness (QED) is 0.753. The van der Waals surface area contributed by atoms with Crippen molar-refractivity contribution < 1.29 is 0 Å². The maximum Gasteiger partial charge on any atom is 0.0456 e. The van der Waals surface area contributed by atoms with E-state index in [9.17, 15) is 0 Å². The Hall–Kier alpha value is -1.24. The minimum absolute atomic E-state index is 0.772. The average molecular weight is 187 g/mol. The van der Waals surface area contributed by atoms with E-state index in [1.165, 1.54) is 29.3 Å². The monoisotopic (exact) mass is 187 g/mol. The zero-order valence-corrected chi connectivity index (χ0v) is 8.88. The van der Waals surface area contributed by atoms with Crippen LogP contribution < -0.4 is 0 Å². The number of hydrogen-bond donors (Lipinski definition) is 1. The molecular weight excluding hydrogens is 170 g/mol. The van der Waals surface area contributed by atoms with Crippen LogP contribution in [0.15, 0.2) is 30.5 Å². The minimum atomic E-state index is 0.772. The van der Waals surface area contributed by atoms with Crippen molar-refractivity contribution >= 4 is 10.9 Å². The number of aromatic amines is 1. The summed E-state index contributed by atoms with van der Waals surface area (Å²) in [5, 5.41) is 1.38. The van der Waals surface area contributed by atoms with Crippen LogP contribution in [0.2, 0.25) is 0 Å². The Bertz CT molecular complexity index is 414. The second kappa shape index (κ2) is 3.87. The Kier molecular flexibility index (Phi) is 2.58. The van der Waals surface area contributed by atoms with Gasteiger partial charge in [-0.15, -0.1) is 0 Å². The molecule has 14 heavy (non-hydrogen) atoms. The molecule has 0 aliphatic heterocycles. The van der Waals surface area contributed by atoms with E-state index in [0.29, 0.717) is 0 Å². The van der Waals surface area contributed by atoms with Crippen molar-refractivity contribution in [2.45, 2.75) is 26.7 Å². The summed E-state index contributed by atoms with van der Waals surface area (Å²) in [6.45, 7) is 4.56. The first kappa shape index (κ1) is 9.32. The molecule has 0 saturated heterocycles. The smallest absolute Gasteiger partial charge is 0.0456 e. The molecule has 0 amide bonds. The van der Waals surface area contributed by atoms with Gasteiger partial charge >= 0.3 is 0 Å². The lowest BCUT2D eigenvalue weighted by Crippen LogP contribution is -1.96. The molecule has 0 saturated carbocycles. The molecule has 0 aliphatic rings. The van der Waals surface area contributed by atoms with E-state index < -0.39 is 0 Å². The Labute approximate surface area is 85.1 Å². The standard InChI is InChI=1S/C13H17N/c1-3-10(2)8-11-9-14-13-7-5-4-6-12(11)13/h4-7,9-10,14H,3,8H2,1-2H3/t10-/m0/s1. The third-order valence-corrected chi connectivity index (χ3v) is 2.94. The van der Waals surface area contributed by atoms with Crippen molar-refractivity contribution in [3.63, 3.8) is 0 Å². The van der Waals surface area contributed by atoms with Crippen molar-refractivity contribution in [2.24, 2.45) is 5.92 Å². The first-order valence-corrected chi connectivity index (χ1v) is 5.36. The van der Waals surface area contributed by atoms with Crippen molar-refractivity contribution in [2.75, 3.05) is 0 Å². The molecular formula is C13H17N. The number of hydrogen-bond acceptors (Lipinski definition) is 0. The molecule has 1 heteroatoms. The Balaban J connectivity index is 2.33. The lowest BCUT2D eigenvalue weighted by Gasteiger charge is -2.06. The van der Waals surface area contributed by atoms with Crippen LogP contribution in [0, 0.1) is 5.92 Å². The summed E-state index contributed by atoms with van der Waals surface area (Å²) < 4.78 is 0. The van der Waals surface area contributed by atoms with E-state index in [1.807, 2.05) is 0 Å². The Morgan fingerprint density at radius 3 is 2.86 bits per heavy atom. The molecule has 1 atom stereocenters. The van der Waals surface area contributed by atoms with Crippen LogP contribution in [0.5, 0.6) is 0 Å². The van der Waals surface area contributed by atoms with Gasteiger partial charge in [0.15, 0.2) is 0 Å². The predicted molar refractivity (Wildman–Crippen MR) is 61.5 cm³/mol. The summed E-state index contributed by atoms with van der Waals surface area (Å²) in [6, 6.07) is 8.52. The molecule has 1 aromatic carbocycles. The van der Waals surface area contributed by atoms with Crippen molar-refractivity contribution in [3.8, 4) is 0 Å². The van der Waals surface area contributed by atoms with Crippen LogP contribution in [0.4, 0.5) is 0 Å². The summed E-state index contributed by atoms with van der Waals surface area (Å²) >= 11 is 0. The largest absolute Gasteiger partial charge is 0.361 e. The first-order valence-electron chi connectivity index (χ1n) is 5.36. The first-order chi connectivity index (χ1) is 6.81. The number of rotatable bonds is 3. The highest BCUT2D eigenvalue weighted by molar-refractivity contribution is 5.83. The normalized spacial score (nSPS) is 13.3. The zero-order valence-electron chi connectivity index (χ0n) is 8.88. The lowest BCUT2D eigenvalue weighted by molar-refractivity contribution is 0.562. The number of fused-ring (bicyclic) bond motifs is 1. The van der Waals surface area contributed by atoms with E-state index in [1.54, 1.807) is 0 Å². The highest BCUT2D eigenvalue weighted by Gasteiger charge is 2.05. The molecule has 1 aromatic heterocycles. The van der Waals surface area contributed by atoms with Gasteiger partial charge in [0.25, 0.3) is 0 Å². The van der Waals surface area contributed by atoms with Crippen LogP contribution in [0.25, 0.3) is 10.9 Å². The van der Waals surface area contributed by atoms with Gasteiger partial charge in [-0.2, -0.15) is 0 Å². The van der Waals surface area contributed by atoms with Crippen LogP contribution in [0.3, 0.4) is 0 Å². The Morgan fingerprint density at radius 2 is 2.07 bits per heavy atom. The molecule has 0 bridgehead atoms.